The lowest BCUT2D eigenvalue weighted by Gasteiger charge is -2.08. The van der Waals surface area contributed by atoms with Crippen molar-refractivity contribution in [2.24, 2.45) is 11.1 Å². The van der Waals surface area contributed by atoms with Crippen molar-refractivity contribution in [3.63, 3.8) is 0 Å². The number of aryl methyl sites for hydroxylation is 1. The second-order valence-corrected chi connectivity index (χ2v) is 6.47. The Kier molecular flexibility index (Phi) is 3.96. The quantitative estimate of drug-likeness (QED) is 0.866. The van der Waals surface area contributed by atoms with Crippen LogP contribution in [0.4, 0.5) is 0 Å². The van der Waals surface area contributed by atoms with Crippen molar-refractivity contribution < 1.29 is 17.6 Å². The number of furan rings is 1. The summed E-state index contributed by atoms with van der Waals surface area (Å²) in [5.74, 6) is 0.232. The van der Waals surface area contributed by atoms with Gasteiger partial charge in [-0.25, -0.2) is 13.6 Å². The molecule has 6 nitrogen and oxygen atoms in total. The molecule has 1 fully saturated rings. The molecular formula is C12H18N2O4S. The number of sulfonamides is 1. The molecule has 0 radical (unpaired) electrons. The lowest BCUT2D eigenvalue weighted by atomic mass is 10.1. The second-order valence-electron chi connectivity index (χ2n) is 4.94. The number of nitrogens with two attached hydrogens (primary N) is 1. The van der Waals surface area contributed by atoms with E-state index >= 15 is 0 Å². The Labute approximate surface area is 112 Å². The van der Waals surface area contributed by atoms with E-state index in [-0.39, 0.29) is 16.4 Å². The molecule has 3 N–H and O–H groups in total. The Balaban J connectivity index is 2.03. The molecule has 1 saturated carbocycles. The first kappa shape index (κ1) is 14.1. The van der Waals surface area contributed by atoms with Gasteiger partial charge in [-0.3, -0.25) is 4.79 Å². The van der Waals surface area contributed by atoms with E-state index in [0.29, 0.717) is 12.5 Å². The van der Waals surface area contributed by atoms with E-state index in [1.54, 1.807) is 0 Å². The summed E-state index contributed by atoms with van der Waals surface area (Å²) in [6.45, 7) is 2.07. The van der Waals surface area contributed by atoms with E-state index in [9.17, 15) is 13.2 Å². The first-order valence-electron chi connectivity index (χ1n) is 6.29. The molecular weight excluding hydrogens is 268 g/mol. The van der Waals surface area contributed by atoms with E-state index in [1.165, 1.54) is 25.8 Å². The Morgan fingerprint density at radius 3 is 2.63 bits per heavy atom. The van der Waals surface area contributed by atoms with Crippen molar-refractivity contribution in [3.05, 3.63) is 17.6 Å². The maximum Gasteiger partial charge on any atom is 0.287 e. The summed E-state index contributed by atoms with van der Waals surface area (Å²) in [4.78, 5) is 11.7. The molecule has 1 aromatic heterocycles. The highest BCUT2D eigenvalue weighted by atomic mass is 32.2. The zero-order valence-corrected chi connectivity index (χ0v) is 11.6. The predicted molar refractivity (Wildman–Crippen MR) is 69.1 cm³/mol. The Morgan fingerprint density at radius 2 is 2.11 bits per heavy atom. The number of rotatable bonds is 4. The van der Waals surface area contributed by atoms with Gasteiger partial charge in [-0.05, 0) is 25.7 Å². The maximum atomic E-state index is 11.9. The molecule has 0 spiro atoms. The Bertz CT molecular complexity index is 571. The van der Waals surface area contributed by atoms with Gasteiger partial charge in [-0.2, -0.15) is 0 Å². The van der Waals surface area contributed by atoms with E-state index in [2.05, 4.69) is 5.32 Å². The van der Waals surface area contributed by atoms with Gasteiger partial charge in [-0.15, -0.1) is 0 Å². The van der Waals surface area contributed by atoms with Gasteiger partial charge in [0, 0.05) is 12.6 Å². The lowest BCUT2D eigenvalue weighted by molar-refractivity contribution is 0.0918. The van der Waals surface area contributed by atoms with Gasteiger partial charge in [0.1, 0.15) is 10.7 Å². The van der Waals surface area contributed by atoms with Crippen molar-refractivity contribution in [1.82, 2.24) is 5.32 Å². The normalized spacial score (nSPS) is 16.7. The number of hydrogen-bond acceptors (Lipinski definition) is 4. The zero-order chi connectivity index (χ0) is 14.0. The molecule has 1 aliphatic carbocycles. The van der Waals surface area contributed by atoms with Crippen molar-refractivity contribution in [3.8, 4) is 0 Å². The van der Waals surface area contributed by atoms with Crippen LogP contribution in [0.3, 0.4) is 0 Å². The highest BCUT2D eigenvalue weighted by Crippen LogP contribution is 2.24. The molecule has 0 aliphatic heterocycles. The molecule has 106 valence electrons. The Hall–Kier alpha value is -1.34. The van der Waals surface area contributed by atoms with Crippen LogP contribution in [0, 0.1) is 12.8 Å². The van der Waals surface area contributed by atoms with Gasteiger partial charge in [0.2, 0.25) is 10.0 Å². The molecule has 0 atom stereocenters. The molecule has 1 heterocycles. The van der Waals surface area contributed by atoms with Gasteiger partial charge < -0.3 is 9.73 Å². The first-order valence-corrected chi connectivity index (χ1v) is 7.84. The first-order chi connectivity index (χ1) is 8.88. The summed E-state index contributed by atoms with van der Waals surface area (Å²) < 4.78 is 27.6. The summed E-state index contributed by atoms with van der Waals surface area (Å²) in [6.07, 6.45) is 4.66. The minimum absolute atomic E-state index is 0.0143. The van der Waals surface area contributed by atoms with Gasteiger partial charge in [0.15, 0.2) is 5.76 Å². The largest absolute Gasteiger partial charge is 0.455 e. The molecule has 1 amide bonds. The minimum atomic E-state index is -3.85. The maximum absolute atomic E-state index is 11.9. The fraction of sp³-hybridized carbons (Fsp3) is 0.583. The molecule has 1 aromatic rings. The van der Waals surface area contributed by atoms with Crippen LogP contribution in [0.15, 0.2) is 15.4 Å². The zero-order valence-electron chi connectivity index (χ0n) is 10.8. The highest BCUT2D eigenvalue weighted by Gasteiger charge is 2.22. The van der Waals surface area contributed by atoms with E-state index < -0.39 is 15.9 Å². The summed E-state index contributed by atoms with van der Waals surface area (Å²) in [5.41, 5.74) is 0. The van der Waals surface area contributed by atoms with Crippen molar-refractivity contribution >= 4 is 15.9 Å². The van der Waals surface area contributed by atoms with Gasteiger partial charge in [0.25, 0.3) is 5.91 Å². The van der Waals surface area contributed by atoms with Gasteiger partial charge in [-0.1, -0.05) is 12.8 Å². The molecule has 2 rings (SSSR count). The fourth-order valence-corrected chi connectivity index (χ4v) is 3.11. The van der Waals surface area contributed by atoms with Crippen LogP contribution < -0.4 is 10.5 Å². The molecule has 0 aromatic carbocycles. The molecule has 0 saturated heterocycles. The van der Waals surface area contributed by atoms with Gasteiger partial charge in [0.05, 0.1) is 0 Å². The SMILES string of the molecule is Cc1oc(C(=O)NCC2CCCC2)cc1S(N)(=O)=O. The summed E-state index contributed by atoms with van der Waals surface area (Å²) >= 11 is 0. The average Bonchev–Trinajstić information content (AvgIpc) is 2.93. The average molecular weight is 286 g/mol. The third-order valence-electron chi connectivity index (χ3n) is 3.43. The standard InChI is InChI=1S/C12H18N2O4S/c1-8-11(19(13,16)17)6-10(18-8)12(15)14-7-9-4-2-3-5-9/h6,9H,2-5,7H2,1H3,(H,14,15)(H2,13,16,17). The number of nitrogens with one attached hydrogen (secondary N) is 1. The summed E-state index contributed by atoms with van der Waals surface area (Å²) in [5, 5.41) is 7.79. The van der Waals surface area contributed by atoms with Crippen LogP contribution >= 0.6 is 0 Å². The van der Waals surface area contributed by atoms with E-state index in [1.807, 2.05) is 0 Å². The van der Waals surface area contributed by atoms with Crippen molar-refractivity contribution in [2.75, 3.05) is 6.54 Å². The van der Waals surface area contributed by atoms with E-state index in [0.717, 1.165) is 12.8 Å². The Morgan fingerprint density at radius 1 is 1.47 bits per heavy atom. The van der Waals surface area contributed by atoms with Crippen molar-refractivity contribution in [1.29, 1.82) is 0 Å². The van der Waals surface area contributed by atoms with Gasteiger partial charge >= 0.3 is 0 Å². The molecule has 7 heteroatoms. The molecule has 1 aliphatic rings. The lowest BCUT2D eigenvalue weighted by Crippen LogP contribution is -2.28. The molecule has 0 unspecified atom stereocenters. The fourth-order valence-electron chi connectivity index (χ4n) is 2.40. The van der Waals surface area contributed by atoms with Crippen LogP contribution in [0.1, 0.15) is 42.0 Å². The van der Waals surface area contributed by atoms with Crippen LogP contribution in [-0.2, 0) is 10.0 Å². The van der Waals surface area contributed by atoms with Crippen LogP contribution in [0.25, 0.3) is 0 Å². The number of amides is 1. The third kappa shape index (κ3) is 3.36. The smallest absolute Gasteiger partial charge is 0.287 e. The van der Waals surface area contributed by atoms with Crippen LogP contribution in [0.2, 0.25) is 0 Å². The van der Waals surface area contributed by atoms with Crippen molar-refractivity contribution in [2.45, 2.75) is 37.5 Å². The predicted octanol–water partition coefficient (Wildman–Crippen LogP) is 1.16. The molecule has 19 heavy (non-hydrogen) atoms. The number of carbonyl (C=O) groups excluding carboxylic acids is 1. The second kappa shape index (κ2) is 5.34. The summed E-state index contributed by atoms with van der Waals surface area (Å²) in [7, 11) is -3.85. The highest BCUT2D eigenvalue weighted by molar-refractivity contribution is 7.89. The number of hydrogen-bond donors (Lipinski definition) is 2. The summed E-state index contributed by atoms with van der Waals surface area (Å²) in [6, 6.07) is 1.18. The topological polar surface area (TPSA) is 102 Å². The molecule has 0 bridgehead atoms. The number of carbonyl (C=O) groups is 1. The van der Waals surface area contributed by atoms with Crippen LogP contribution in [-0.4, -0.2) is 20.9 Å². The number of primary sulfonamides is 1. The monoisotopic (exact) mass is 286 g/mol. The third-order valence-corrected chi connectivity index (χ3v) is 4.45. The van der Waals surface area contributed by atoms with Crippen LogP contribution in [0.5, 0.6) is 0 Å². The van der Waals surface area contributed by atoms with E-state index in [4.69, 9.17) is 9.56 Å². The minimum Gasteiger partial charge on any atom is -0.455 e.